The molecule has 208 valence electrons. The van der Waals surface area contributed by atoms with E-state index in [4.69, 9.17) is 9.47 Å². The Kier molecular flexibility index (Phi) is 7.53. The number of fused-ring (bicyclic) bond motifs is 1. The number of benzene rings is 3. The summed E-state index contributed by atoms with van der Waals surface area (Å²) < 4.78 is 53.8. The average Bonchev–Trinajstić information content (AvgIpc) is 3.28. The van der Waals surface area contributed by atoms with Crippen LogP contribution in [0, 0.1) is 26.6 Å². The van der Waals surface area contributed by atoms with Crippen molar-refractivity contribution in [3.8, 4) is 28.0 Å². The van der Waals surface area contributed by atoms with Crippen LogP contribution in [-0.2, 0) is 26.0 Å². The molecule has 0 bridgehead atoms. The zero-order chi connectivity index (χ0) is 28.9. The topological polar surface area (TPSA) is 102 Å². The zero-order valence-electron chi connectivity index (χ0n) is 23.2. The van der Waals surface area contributed by atoms with Gasteiger partial charge in [0, 0.05) is 17.5 Å². The molecule has 1 atom stereocenters. The van der Waals surface area contributed by atoms with Crippen molar-refractivity contribution in [2.45, 2.75) is 59.7 Å². The third-order valence-electron chi connectivity index (χ3n) is 6.72. The summed E-state index contributed by atoms with van der Waals surface area (Å²) in [5.74, 6) is -0.806. The van der Waals surface area contributed by atoms with Crippen molar-refractivity contribution < 1.29 is 32.2 Å². The Hall–Kier alpha value is -3.43. The lowest BCUT2D eigenvalue weighted by Gasteiger charge is -2.31. The first-order chi connectivity index (χ1) is 18.1. The number of carboxylic acid groups (broad SMARTS) is 1. The highest BCUT2D eigenvalue weighted by molar-refractivity contribution is 7.92. The fraction of sp³-hybridized carbons (Fsp3) is 0.367. The van der Waals surface area contributed by atoms with E-state index in [0.717, 1.165) is 29.6 Å². The van der Waals surface area contributed by atoms with E-state index in [1.807, 2.05) is 25.1 Å². The van der Waals surface area contributed by atoms with Crippen LogP contribution in [0.3, 0.4) is 0 Å². The van der Waals surface area contributed by atoms with Crippen molar-refractivity contribution in [3.63, 3.8) is 0 Å². The van der Waals surface area contributed by atoms with E-state index in [-0.39, 0.29) is 11.5 Å². The molecule has 0 amide bonds. The highest BCUT2D eigenvalue weighted by atomic mass is 32.2. The van der Waals surface area contributed by atoms with Crippen LogP contribution in [0.5, 0.6) is 5.75 Å². The number of hydrogen-bond acceptors (Lipinski definition) is 5. The van der Waals surface area contributed by atoms with Crippen LogP contribution in [-0.4, -0.2) is 38.0 Å². The number of anilines is 1. The number of sulfonamides is 1. The molecule has 1 aliphatic heterocycles. The lowest BCUT2D eigenvalue weighted by molar-refractivity contribution is -0.160. The molecule has 0 saturated carbocycles. The Morgan fingerprint density at radius 2 is 1.69 bits per heavy atom. The van der Waals surface area contributed by atoms with Gasteiger partial charge < -0.3 is 14.6 Å². The smallest absolute Gasteiger partial charge is 0.337 e. The van der Waals surface area contributed by atoms with E-state index in [1.165, 1.54) is 6.07 Å². The van der Waals surface area contributed by atoms with E-state index in [0.29, 0.717) is 45.6 Å². The van der Waals surface area contributed by atoms with E-state index >= 15 is 0 Å². The summed E-state index contributed by atoms with van der Waals surface area (Å²) in [6, 6.07) is 10.3. The fourth-order valence-corrected chi connectivity index (χ4v) is 5.75. The molecule has 3 aromatic rings. The lowest BCUT2D eigenvalue weighted by atomic mass is 9.82. The number of nitrogens with one attached hydrogen (secondary N) is 1. The highest BCUT2D eigenvalue weighted by Crippen LogP contribution is 2.47. The van der Waals surface area contributed by atoms with E-state index in [9.17, 15) is 22.7 Å². The molecular weight excluding hydrogens is 521 g/mol. The number of ether oxygens (including phenoxy) is 2. The number of aliphatic carboxylic acids is 1. The molecule has 39 heavy (non-hydrogen) atoms. The summed E-state index contributed by atoms with van der Waals surface area (Å²) in [5.41, 5.74) is 4.71. The SMILES string of the molecule is Cc1cc(-c2c(C)c(-c3ccc4c(c3)CCO4)c([C@H](OC(C)(C)C)C(=O)O)c(C)c2NS(C)(=O)=O)ccc1F. The third kappa shape index (κ3) is 5.94. The predicted octanol–water partition coefficient (Wildman–Crippen LogP) is 6.33. The second-order valence-corrected chi connectivity index (χ2v) is 12.7. The molecule has 3 aromatic carbocycles. The predicted molar refractivity (Wildman–Crippen MR) is 150 cm³/mol. The first-order valence-corrected chi connectivity index (χ1v) is 14.5. The summed E-state index contributed by atoms with van der Waals surface area (Å²) in [5, 5.41) is 10.4. The molecule has 1 heterocycles. The van der Waals surface area contributed by atoms with Gasteiger partial charge in [0.05, 0.1) is 24.2 Å². The van der Waals surface area contributed by atoms with Gasteiger partial charge >= 0.3 is 5.97 Å². The number of carboxylic acids is 1. The number of aryl methyl sites for hydroxylation is 1. The quantitative estimate of drug-likeness (QED) is 0.353. The largest absolute Gasteiger partial charge is 0.493 e. The fourth-order valence-electron chi connectivity index (χ4n) is 5.13. The Labute approximate surface area is 229 Å². The number of carbonyl (C=O) groups is 1. The van der Waals surface area contributed by atoms with Crippen LogP contribution in [0.2, 0.25) is 0 Å². The standard InChI is InChI=1S/C30H34FNO6S/c1-16-14-20(8-10-22(16)31)25-17(2)24(21-9-11-23-19(15-21)12-13-37-23)26(18(3)27(25)32-39(7,35)36)28(29(33)34)38-30(4,5)6/h8-11,14-15,28,32H,12-13H2,1-7H3,(H,33,34)/t28-/m0/s1. The molecule has 0 aliphatic carbocycles. The van der Waals surface area contributed by atoms with E-state index in [1.54, 1.807) is 46.8 Å². The summed E-state index contributed by atoms with van der Waals surface area (Å²) in [7, 11) is -3.78. The minimum Gasteiger partial charge on any atom is -0.493 e. The average molecular weight is 556 g/mol. The molecule has 1 aliphatic rings. The lowest BCUT2D eigenvalue weighted by Crippen LogP contribution is -2.29. The van der Waals surface area contributed by atoms with Crippen molar-refractivity contribution in [2.75, 3.05) is 17.6 Å². The van der Waals surface area contributed by atoms with Gasteiger partial charge in [-0.05, 0) is 105 Å². The minimum atomic E-state index is -3.78. The first-order valence-electron chi connectivity index (χ1n) is 12.7. The van der Waals surface area contributed by atoms with Gasteiger partial charge in [-0.25, -0.2) is 17.6 Å². The summed E-state index contributed by atoms with van der Waals surface area (Å²) in [6.45, 7) is 11.0. The molecule has 0 spiro atoms. The van der Waals surface area contributed by atoms with Crippen LogP contribution in [0.25, 0.3) is 22.3 Å². The number of halogens is 1. The van der Waals surface area contributed by atoms with Crippen molar-refractivity contribution >= 4 is 21.7 Å². The molecule has 7 nitrogen and oxygen atoms in total. The Morgan fingerprint density at radius 1 is 1.05 bits per heavy atom. The Balaban J connectivity index is 2.17. The summed E-state index contributed by atoms with van der Waals surface area (Å²) >= 11 is 0. The molecule has 0 unspecified atom stereocenters. The van der Waals surface area contributed by atoms with Crippen molar-refractivity contribution in [1.82, 2.24) is 0 Å². The van der Waals surface area contributed by atoms with Gasteiger partial charge in [0.1, 0.15) is 11.6 Å². The van der Waals surface area contributed by atoms with Crippen molar-refractivity contribution in [1.29, 1.82) is 0 Å². The second kappa shape index (κ2) is 10.3. The van der Waals surface area contributed by atoms with Gasteiger partial charge in [0.2, 0.25) is 10.0 Å². The van der Waals surface area contributed by atoms with E-state index < -0.39 is 27.7 Å². The Morgan fingerprint density at radius 3 is 2.28 bits per heavy atom. The first kappa shape index (κ1) is 28.6. The normalized spacial score (nSPS) is 14.1. The maximum absolute atomic E-state index is 14.2. The molecular formula is C30H34FNO6S. The van der Waals surface area contributed by atoms with Crippen LogP contribution < -0.4 is 9.46 Å². The van der Waals surface area contributed by atoms with Crippen LogP contribution >= 0.6 is 0 Å². The van der Waals surface area contributed by atoms with Gasteiger partial charge in [-0.3, -0.25) is 4.72 Å². The molecule has 4 rings (SSSR count). The maximum Gasteiger partial charge on any atom is 0.337 e. The van der Waals surface area contributed by atoms with Gasteiger partial charge in [0.25, 0.3) is 0 Å². The van der Waals surface area contributed by atoms with Gasteiger partial charge in [-0.1, -0.05) is 12.1 Å². The molecule has 0 fully saturated rings. The molecule has 0 radical (unpaired) electrons. The molecule has 2 N–H and O–H groups in total. The van der Waals surface area contributed by atoms with Gasteiger partial charge in [-0.2, -0.15) is 0 Å². The highest BCUT2D eigenvalue weighted by Gasteiger charge is 2.34. The van der Waals surface area contributed by atoms with Gasteiger partial charge in [0.15, 0.2) is 6.10 Å². The third-order valence-corrected chi connectivity index (χ3v) is 7.29. The summed E-state index contributed by atoms with van der Waals surface area (Å²) in [6.07, 6.45) is 0.359. The monoisotopic (exact) mass is 555 g/mol. The van der Waals surface area contributed by atoms with Crippen LogP contribution in [0.15, 0.2) is 36.4 Å². The molecule has 9 heteroatoms. The minimum absolute atomic E-state index is 0.230. The second-order valence-electron chi connectivity index (χ2n) is 11.0. The zero-order valence-corrected chi connectivity index (χ0v) is 24.0. The number of hydrogen-bond donors (Lipinski definition) is 2. The van der Waals surface area contributed by atoms with Crippen molar-refractivity contribution in [3.05, 3.63) is 70.0 Å². The summed E-state index contributed by atoms with van der Waals surface area (Å²) in [4.78, 5) is 12.7. The number of rotatable bonds is 7. The van der Waals surface area contributed by atoms with Crippen molar-refractivity contribution in [2.24, 2.45) is 0 Å². The van der Waals surface area contributed by atoms with Crippen LogP contribution in [0.4, 0.5) is 10.1 Å². The maximum atomic E-state index is 14.2. The van der Waals surface area contributed by atoms with Crippen LogP contribution in [0.1, 0.15) is 54.7 Å². The van der Waals surface area contributed by atoms with Gasteiger partial charge in [-0.15, -0.1) is 0 Å². The molecule has 0 saturated heterocycles. The Bertz CT molecular complexity index is 1570. The molecule has 0 aromatic heterocycles. The van der Waals surface area contributed by atoms with E-state index in [2.05, 4.69) is 4.72 Å².